The molecule has 0 aromatic carbocycles. The molecule has 2 rings (SSSR count). The molecule has 0 saturated heterocycles. The topological polar surface area (TPSA) is 26.3 Å². The second-order valence-corrected chi connectivity index (χ2v) is 5.75. The van der Waals surface area contributed by atoms with Crippen LogP contribution in [-0.4, -0.2) is 11.6 Å². The molecular formula is C15H22O2. The van der Waals surface area contributed by atoms with Gasteiger partial charge in [0, 0.05) is 12.0 Å². The minimum absolute atomic E-state index is 0.250. The van der Waals surface area contributed by atoms with E-state index in [0.29, 0.717) is 11.5 Å². The number of fused-ring (bicyclic) bond motifs is 1. The first-order valence-corrected chi connectivity index (χ1v) is 6.58. The molecule has 1 saturated carbocycles. The van der Waals surface area contributed by atoms with Crippen molar-refractivity contribution in [1.29, 1.82) is 0 Å². The Morgan fingerprint density at radius 2 is 2.29 bits per heavy atom. The summed E-state index contributed by atoms with van der Waals surface area (Å²) in [6.07, 6.45) is 9.28. The molecule has 0 bridgehead atoms. The van der Waals surface area contributed by atoms with Gasteiger partial charge in [-0.1, -0.05) is 24.6 Å². The Balaban J connectivity index is 2.05. The smallest absolute Gasteiger partial charge is 0.333 e. The molecule has 2 aliphatic carbocycles. The number of hydrogen-bond acceptors (Lipinski definition) is 2. The zero-order chi connectivity index (χ0) is 12.5. The second-order valence-electron chi connectivity index (χ2n) is 5.75. The Morgan fingerprint density at radius 1 is 1.53 bits per heavy atom. The zero-order valence-electron chi connectivity index (χ0n) is 10.9. The predicted octanol–water partition coefficient (Wildman–Crippen LogP) is 3.77. The highest BCUT2D eigenvalue weighted by Gasteiger charge is 2.36. The maximum atomic E-state index is 11.6. The highest BCUT2D eigenvalue weighted by Crippen LogP contribution is 2.42. The van der Waals surface area contributed by atoms with E-state index in [1.54, 1.807) is 12.5 Å². The third-order valence-corrected chi connectivity index (χ3v) is 3.95. The molecule has 0 N–H and O–H groups in total. The molecule has 0 spiro atoms. The fourth-order valence-corrected chi connectivity index (χ4v) is 2.96. The van der Waals surface area contributed by atoms with Crippen molar-refractivity contribution in [3.8, 4) is 0 Å². The number of esters is 1. The van der Waals surface area contributed by atoms with Crippen LogP contribution < -0.4 is 0 Å². The van der Waals surface area contributed by atoms with Gasteiger partial charge >= 0.3 is 5.97 Å². The van der Waals surface area contributed by atoms with Crippen LogP contribution in [0, 0.1) is 5.92 Å². The summed E-state index contributed by atoms with van der Waals surface area (Å²) in [5, 5.41) is 0. The van der Waals surface area contributed by atoms with Gasteiger partial charge in [-0.25, -0.2) is 4.79 Å². The zero-order valence-corrected chi connectivity index (χ0v) is 10.9. The molecule has 94 valence electrons. The molecule has 0 radical (unpaired) electrons. The van der Waals surface area contributed by atoms with Crippen molar-refractivity contribution in [3.05, 3.63) is 23.8 Å². The van der Waals surface area contributed by atoms with Crippen molar-refractivity contribution in [2.24, 2.45) is 5.92 Å². The highest BCUT2D eigenvalue weighted by molar-refractivity contribution is 5.87. The summed E-state index contributed by atoms with van der Waals surface area (Å²) in [6, 6.07) is 0. The van der Waals surface area contributed by atoms with E-state index in [1.165, 1.54) is 25.7 Å². The summed E-state index contributed by atoms with van der Waals surface area (Å²) in [4.78, 5) is 11.6. The first-order chi connectivity index (χ1) is 8.00. The summed E-state index contributed by atoms with van der Waals surface area (Å²) in [6.45, 7) is 7.40. The van der Waals surface area contributed by atoms with Crippen LogP contribution in [0.15, 0.2) is 23.8 Å². The lowest BCUT2D eigenvalue weighted by Gasteiger charge is -2.39. The molecule has 2 aliphatic rings. The van der Waals surface area contributed by atoms with E-state index < -0.39 is 0 Å². The predicted molar refractivity (Wildman–Crippen MR) is 68.6 cm³/mol. The van der Waals surface area contributed by atoms with Crippen molar-refractivity contribution < 1.29 is 9.53 Å². The molecule has 2 nitrogen and oxygen atoms in total. The van der Waals surface area contributed by atoms with Gasteiger partial charge in [0.05, 0.1) is 0 Å². The van der Waals surface area contributed by atoms with Crippen LogP contribution >= 0.6 is 0 Å². The van der Waals surface area contributed by atoms with Gasteiger partial charge in [0.2, 0.25) is 0 Å². The van der Waals surface area contributed by atoms with Crippen molar-refractivity contribution >= 4 is 5.97 Å². The van der Waals surface area contributed by atoms with E-state index in [2.05, 4.69) is 19.6 Å². The van der Waals surface area contributed by atoms with Crippen molar-refractivity contribution in [2.75, 3.05) is 0 Å². The quantitative estimate of drug-likeness (QED) is 0.413. The lowest BCUT2D eigenvalue weighted by atomic mass is 9.72. The molecule has 0 aliphatic heterocycles. The minimum Gasteiger partial charge on any atom is -0.456 e. The molecule has 2 atom stereocenters. The molecule has 2 unspecified atom stereocenters. The van der Waals surface area contributed by atoms with Crippen molar-refractivity contribution in [3.63, 3.8) is 0 Å². The van der Waals surface area contributed by atoms with Gasteiger partial charge in [0.1, 0.15) is 5.60 Å². The molecule has 17 heavy (non-hydrogen) atoms. The monoisotopic (exact) mass is 234 g/mol. The lowest BCUT2D eigenvalue weighted by Crippen LogP contribution is -2.37. The van der Waals surface area contributed by atoms with Crippen LogP contribution in [0.1, 0.15) is 52.4 Å². The van der Waals surface area contributed by atoms with E-state index in [1.807, 2.05) is 0 Å². The van der Waals surface area contributed by atoms with Crippen LogP contribution in [-0.2, 0) is 9.53 Å². The Labute approximate surface area is 104 Å². The molecule has 2 heteroatoms. The van der Waals surface area contributed by atoms with Gasteiger partial charge in [0.15, 0.2) is 0 Å². The normalized spacial score (nSPS) is 32.4. The molecule has 0 aromatic heterocycles. The average molecular weight is 234 g/mol. The van der Waals surface area contributed by atoms with Gasteiger partial charge in [-0.3, -0.25) is 0 Å². The summed E-state index contributed by atoms with van der Waals surface area (Å²) in [5.74, 6) is 0.389. The highest BCUT2D eigenvalue weighted by atomic mass is 16.6. The van der Waals surface area contributed by atoms with Gasteiger partial charge in [-0.2, -0.15) is 0 Å². The first kappa shape index (κ1) is 12.4. The van der Waals surface area contributed by atoms with Gasteiger partial charge in [0.25, 0.3) is 0 Å². The number of hydrogen-bond donors (Lipinski definition) is 0. The minimum atomic E-state index is -0.318. The molecule has 1 fully saturated rings. The number of ether oxygens (including phenoxy) is 1. The Bertz CT molecular complexity index is 367. The molecule has 0 amide bonds. The van der Waals surface area contributed by atoms with E-state index in [0.717, 1.165) is 12.8 Å². The summed E-state index contributed by atoms with van der Waals surface area (Å²) >= 11 is 0. The molecular weight excluding hydrogens is 212 g/mol. The maximum absolute atomic E-state index is 11.6. The van der Waals surface area contributed by atoms with Crippen LogP contribution in [0.2, 0.25) is 0 Å². The third-order valence-electron chi connectivity index (χ3n) is 3.95. The summed E-state index contributed by atoms with van der Waals surface area (Å²) in [7, 11) is 0. The van der Waals surface area contributed by atoms with E-state index in [4.69, 9.17) is 4.74 Å². The standard InChI is InChI=1S/C15H22O2/c1-11(2)14(16)17-15(3)9-8-12-6-4-5-7-13(12)10-15/h8,13H,1,4-7,9-10H2,2-3H3. The number of carbonyl (C=O) groups is 1. The van der Waals surface area contributed by atoms with Gasteiger partial charge in [-0.05, 0) is 45.4 Å². The maximum Gasteiger partial charge on any atom is 0.333 e. The Morgan fingerprint density at radius 3 is 3.00 bits per heavy atom. The van der Waals surface area contributed by atoms with Gasteiger partial charge < -0.3 is 4.74 Å². The molecule has 0 aromatic rings. The Kier molecular flexibility index (Phi) is 3.41. The van der Waals surface area contributed by atoms with E-state index in [-0.39, 0.29) is 11.6 Å². The number of allylic oxidation sites excluding steroid dienone is 1. The Hall–Kier alpha value is -1.05. The average Bonchev–Trinajstić information content (AvgIpc) is 2.28. The fourth-order valence-electron chi connectivity index (χ4n) is 2.96. The lowest BCUT2D eigenvalue weighted by molar-refractivity contribution is -0.155. The van der Waals surface area contributed by atoms with Crippen LogP contribution in [0.3, 0.4) is 0 Å². The number of rotatable bonds is 2. The number of carbonyl (C=O) groups excluding carboxylic acids is 1. The molecule has 0 heterocycles. The second kappa shape index (κ2) is 4.67. The van der Waals surface area contributed by atoms with Crippen LogP contribution in [0.4, 0.5) is 0 Å². The first-order valence-electron chi connectivity index (χ1n) is 6.58. The van der Waals surface area contributed by atoms with E-state index in [9.17, 15) is 4.79 Å². The fraction of sp³-hybridized carbons (Fsp3) is 0.667. The third kappa shape index (κ3) is 2.80. The van der Waals surface area contributed by atoms with Crippen LogP contribution in [0.5, 0.6) is 0 Å². The van der Waals surface area contributed by atoms with Gasteiger partial charge in [-0.15, -0.1) is 0 Å². The SMILES string of the molecule is C=C(C)C(=O)OC1(C)CC=C2CCCCC2C1. The van der Waals surface area contributed by atoms with Crippen molar-refractivity contribution in [2.45, 2.75) is 58.0 Å². The summed E-state index contributed by atoms with van der Waals surface area (Å²) < 4.78 is 5.61. The van der Waals surface area contributed by atoms with Crippen LogP contribution in [0.25, 0.3) is 0 Å². The van der Waals surface area contributed by atoms with Crippen molar-refractivity contribution in [1.82, 2.24) is 0 Å². The summed E-state index contributed by atoms with van der Waals surface area (Å²) in [5.41, 5.74) is 1.77. The van der Waals surface area contributed by atoms with E-state index >= 15 is 0 Å². The largest absolute Gasteiger partial charge is 0.456 e.